The lowest BCUT2D eigenvalue weighted by Gasteiger charge is -2.27. The zero-order valence-electron chi connectivity index (χ0n) is 12.4. The maximum Gasteiger partial charge on any atom is 0.323 e. The fraction of sp³-hybridized carbons (Fsp3) is 0.467. The first-order chi connectivity index (χ1) is 10.1. The molecular formula is C15H21N3O2S. The molecule has 21 heavy (non-hydrogen) atoms. The standard InChI is InChI=1S/C15H21N3O2S/c1-3-15(16-2,14(19)20)7-5-9-18-10-8-17-13(18)12-6-4-11-21-12/h4,6,8,10-11,16H,3,5,7,9H2,1-2H3,(H,19,20). The molecule has 1 unspecified atom stereocenters. The summed E-state index contributed by atoms with van der Waals surface area (Å²) in [5.74, 6) is 0.170. The van der Waals surface area contributed by atoms with Gasteiger partial charge in [-0.2, -0.15) is 0 Å². The molecule has 0 radical (unpaired) electrons. The molecule has 0 fully saturated rings. The maximum atomic E-state index is 11.4. The molecule has 1 atom stereocenters. The smallest absolute Gasteiger partial charge is 0.323 e. The first-order valence-corrected chi connectivity index (χ1v) is 7.98. The van der Waals surface area contributed by atoms with E-state index >= 15 is 0 Å². The van der Waals surface area contributed by atoms with E-state index in [1.807, 2.05) is 30.6 Å². The van der Waals surface area contributed by atoms with Gasteiger partial charge in [-0.3, -0.25) is 4.79 Å². The zero-order chi connectivity index (χ0) is 15.3. The molecule has 0 aliphatic heterocycles. The zero-order valence-corrected chi connectivity index (χ0v) is 13.2. The van der Waals surface area contributed by atoms with E-state index < -0.39 is 11.5 Å². The summed E-state index contributed by atoms with van der Waals surface area (Å²) in [6.45, 7) is 2.67. The van der Waals surface area contributed by atoms with Gasteiger partial charge in [0.25, 0.3) is 0 Å². The highest BCUT2D eigenvalue weighted by molar-refractivity contribution is 7.13. The Labute approximate surface area is 128 Å². The van der Waals surface area contributed by atoms with Crippen LogP contribution in [0.4, 0.5) is 0 Å². The number of hydrogen-bond donors (Lipinski definition) is 2. The number of thiophene rings is 1. The number of imidazole rings is 1. The molecule has 5 nitrogen and oxygen atoms in total. The number of aryl methyl sites for hydroxylation is 1. The lowest BCUT2D eigenvalue weighted by molar-refractivity contribution is -0.145. The van der Waals surface area contributed by atoms with Gasteiger partial charge in [0.15, 0.2) is 0 Å². The molecule has 2 rings (SSSR count). The molecule has 114 valence electrons. The number of carbonyl (C=O) groups is 1. The van der Waals surface area contributed by atoms with Crippen molar-refractivity contribution in [3.8, 4) is 10.7 Å². The molecule has 0 bridgehead atoms. The number of nitrogens with one attached hydrogen (secondary N) is 1. The van der Waals surface area contributed by atoms with Gasteiger partial charge in [0.1, 0.15) is 11.4 Å². The van der Waals surface area contributed by atoms with E-state index in [4.69, 9.17) is 0 Å². The Morgan fingerprint density at radius 1 is 1.57 bits per heavy atom. The maximum absolute atomic E-state index is 11.4. The quantitative estimate of drug-likeness (QED) is 0.787. The van der Waals surface area contributed by atoms with Crippen molar-refractivity contribution in [1.82, 2.24) is 14.9 Å². The minimum Gasteiger partial charge on any atom is -0.480 e. The SMILES string of the molecule is CCC(CCCn1ccnc1-c1cccs1)(NC)C(=O)O. The first kappa shape index (κ1) is 15.7. The summed E-state index contributed by atoms with van der Waals surface area (Å²) in [7, 11) is 1.71. The summed E-state index contributed by atoms with van der Waals surface area (Å²) in [6, 6.07) is 4.05. The molecular weight excluding hydrogens is 286 g/mol. The second kappa shape index (κ2) is 6.87. The Bertz CT molecular complexity index is 574. The largest absolute Gasteiger partial charge is 0.480 e. The van der Waals surface area contributed by atoms with E-state index in [1.54, 1.807) is 24.6 Å². The van der Waals surface area contributed by atoms with Crippen LogP contribution in [0.2, 0.25) is 0 Å². The van der Waals surface area contributed by atoms with Crippen molar-refractivity contribution < 1.29 is 9.90 Å². The number of aliphatic carboxylic acids is 1. The van der Waals surface area contributed by atoms with Crippen LogP contribution in [0.5, 0.6) is 0 Å². The van der Waals surface area contributed by atoms with Crippen molar-refractivity contribution in [1.29, 1.82) is 0 Å². The van der Waals surface area contributed by atoms with Crippen LogP contribution in [-0.4, -0.2) is 33.2 Å². The van der Waals surface area contributed by atoms with Gasteiger partial charge >= 0.3 is 5.97 Å². The van der Waals surface area contributed by atoms with Gasteiger partial charge in [0.05, 0.1) is 4.88 Å². The fourth-order valence-electron chi connectivity index (χ4n) is 2.52. The number of likely N-dealkylation sites (N-methyl/N-ethyl adjacent to an activating group) is 1. The molecule has 6 heteroatoms. The van der Waals surface area contributed by atoms with Gasteiger partial charge in [-0.05, 0) is 37.8 Å². The highest BCUT2D eigenvalue weighted by atomic mass is 32.1. The van der Waals surface area contributed by atoms with Crippen molar-refractivity contribution in [3.05, 3.63) is 29.9 Å². The Morgan fingerprint density at radius 2 is 2.38 bits per heavy atom. The monoisotopic (exact) mass is 307 g/mol. The van der Waals surface area contributed by atoms with Crippen molar-refractivity contribution in [3.63, 3.8) is 0 Å². The topological polar surface area (TPSA) is 67.2 Å². The molecule has 0 amide bonds. The van der Waals surface area contributed by atoms with E-state index in [2.05, 4.69) is 14.9 Å². The van der Waals surface area contributed by atoms with Gasteiger partial charge in [-0.25, -0.2) is 4.98 Å². The Hall–Kier alpha value is -1.66. The van der Waals surface area contributed by atoms with Crippen molar-refractivity contribution >= 4 is 17.3 Å². The van der Waals surface area contributed by atoms with Gasteiger partial charge < -0.3 is 15.0 Å². The normalized spacial score (nSPS) is 14.0. The second-order valence-electron chi connectivity index (χ2n) is 5.02. The minimum absolute atomic E-state index is 0.570. The third-order valence-corrected chi connectivity index (χ3v) is 4.82. The van der Waals surface area contributed by atoms with Gasteiger partial charge in [0, 0.05) is 18.9 Å². The molecule has 2 N–H and O–H groups in total. The molecule has 2 aromatic heterocycles. The molecule has 0 spiro atoms. The van der Waals surface area contributed by atoms with Crippen LogP contribution < -0.4 is 5.32 Å². The predicted molar refractivity (Wildman–Crippen MR) is 84.5 cm³/mol. The van der Waals surface area contributed by atoms with E-state index in [-0.39, 0.29) is 0 Å². The van der Waals surface area contributed by atoms with Crippen LogP contribution in [0.15, 0.2) is 29.9 Å². The van der Waals surface area contributed by atoms with Crippen LogP contribution in [-0.2, 0) is 11.3 Å². The van der Waals surface area contributed by atoms with E-state index in [9.17, 15) is 9.90 Å². The summed E-state index contributed by atoms with van der Waals surface area (Å²) in [6.07, 6.45) is 5.69. The van der Waals surface area contributed by atoms with Gasteiger partial charge in [0.2, 0.25) is 0 Å². The summed E-state index contributed by atoms with van der Waals surface area (Å²) in [5.41, 5.74) is -0.830. The van der Waals surface area contributed by atoms with Crippen LogP contribution in [0.3, 0.4) is 0 Å². The number of hydrogen-bond acceptors (Lipinski definition) is 4. The molecule has 0 aliphatic rings. The molecule has 0 saturated carbocycles. The third kappa shape index (κ3) is 3.33. The minimum atomic E-state index is -0.830. The average Bonchev–Trinajstić information content (AvgIpc) is 3.14. The molecule has 2 aromatic rings. The Kier molecular flexibility index (Phi) is 5.14. The number of carboxylic acids is 1. The summed E-state index contributed by atoms with van der Waals surface area (Å²) < 4.78 is 2.09. The van der Waals surface area contributed by atoms with Crippen molar-refractivity contribution in [2.75, 3.05) is 7.05 Å². The molecule has 0 saturated heterocycles. The molecule has 2 heterocycles. The Morgan fingerprint density at radius 3 is 2.95 bits per heavy atom. The number of carboxylic acid groups (broad SMARTS) is 1. The highest BCUT2D eigenvalue weighted by Crippen LogP contribution is 2.24. The summed E-state index contributed by atoms with van der Waals surface area (Å²) in [5, 5.41) is 14.4. The predicted octanol–water partition coefficient (Wildman–Crippen LogP) is 2.84. The fourth-order valence-corrected chi connectivity index (χ4v) is 3.25. The summed E-state index contributed by atoms with van der Waals surface area (Å²) >= 11 is 1.66. The van der Waals surface area contributed by atoms with E-state index in [1.165, 1.54) is 0 Å². The average molecular weight is 307 g/mol. The van der Waals surface area contributed by atoms with Crippen LogP contribution in [0.1, 0.15) is 26.2 Å². The lowest BCUT2D eigenvalue weighted by Crippen LogP contribution is -2.49. The van der Waals surface area contributed by atoms with Crippen LogP contribution in [0.25, 0.3) is 10.7 Å². The van der Waals surface area contributed by atoms with Gasteiger partial charge in [-0.15, -0.1) is 11.3 Å². The molecule has 0 aromatic carbocycles. The van der Waals surface area contributed by atoms with E-state index in [0.29, 0.717) is 12.8 Å². The number of nitrogens with zero attached hydrogens (tertiary/aromatic N) is 2. The van der Waals surface area contributed by atoms with Crippen molar-refractivity contribution in [2.45, 2.75) is 38.3 Å². The Balaban J connectivity index is 2.01. The van der Waals surface area contributed by atoms with Crippen molar-refractivity contribution in [2.24, 2.45) is 0 Å². The number of aromatic nitrogens is 2. The van der Waals surface area contributed by atoms with Gasteiger partial charge in [-0.1, -0.05) is 13.0 Å². The second-order valence-corrected chi connectivity index (χ2v) is 5.96. The summed E-state index contributed by atoms with van der Waals surface area (Å²) in [4.78, 5) is 17.0. The number of rotatable bonds is 8. The van der Waals surface area contributed by atoms with Crippen LogP contribution >= 0.6 is 11.3 Å². The molecule has 0 aliphatic carbocycles. The highest BCUT2D eigenvalue weighted by Gasteiger charge is 2.34. The first-order valence-electron chi connectivity index (χ1n) is 7.10. The van der Waals surface area contributed by atoms with Crippen LogP contribution in [0, 0.1) is 0 Å². The van der Waals surface area contributed by atoms with E-state index in [0.717, 1.165) is 23.7 Å². The third-order valence-electron chi connectivity index (χ3n) is 3.95. The lowest BCUT2D eigenvalue weighted by atomic mass is 9.90.